The molecule has 2 aromatic heterocycles. The summed E-state index contributed by atoms with van der Waals surface area (Å²) in [6, 6.07) is 29.5. The number of aromatic nitrogens is 3. The van der Waals surface area contributed by atoms with Crippen LogP contribution in [0.15, 0.2) is 85.1 Å². The number of rotatable bonds is 3. The Morgan fingerprint density at radius 1 is 0.846 bits per heavy atom. The third kappa shape index (κ3) is 6.84. The fourth-order valence-electron chi connectivity index (χ4n) is 4.40. The first-order valence-electron chi connectivity index (χ1n) is 12.9. The Morgan fingerprint density at radius 3 is 2.10 bits per heavy atom. The van der Waals surface area contributed by atoms with Crippen molar-refractivity contribution in [2.24, 2.45) is 7.05 Å². The number of pyridine rings is 1. The van der Waals surface area contributed by atoms with Crippen LogP contribution in [0.1, 0.15) is 52.7 Å². The smallest absolute Gasteiger partial charge is 0.144 e. The molecule has 5 heteroatoms. The van der Waals surface area contributed by atoms with Gasteiger partial charge in [0.25, 0.3) is 0 Å². The van der Waals surface area contributed by atoms with E-state index in [4.69, 9.17) is 9.72 Å². The number of fused-ring (bicyclic) bond motifs is 1. The predicted molar refractivity (Wildman–Crippen MR) is 158 cm³/mol. The molecule has 0 atom stereocenters. The Labute approximate surface area is 246 Å². The molecule has 0 N–H and O–H groups in total. The number of benzene rings is 3. The zero-order valence-corrected chi connectivity index (χ0v) is 26.3. The van der Waals surface area contributed by atoms with Crippen molar-refractivity contribution in [2.75, 3.05) is 0 Å². The van der Waals surface area contributed by atoms with Crippen LogP contribution >= 0.6 is 0 Å². The second-order valence-corrected chi connectivity index (χ2v) is 11.5. The number of hydrogen-bond acceptors (Lipinski definition) is 3. The van der Waals surface area contributed by atoms with Crippen LogP contribution in [0.3, 0.4) is 0 Å². The van der Waals surface area contributed by atoms with Crippen molar-refractivity contribution >= 4 is 11.0 Å². The zero-order chi connectivity index (χ0) is 27.5. The van der Waals surface area contributed by atoms with Gasteiger partial charge in [-0.25, -0.2) is 4.98 Å². The SMILES string of the molecule is [CH2-]Oc1c(-c2nc3ccccc3n2C)cc(C(C)(C)C)cc1C(C)(C)C.[Ir].[c-]1ccccc1-c1ccccn1. The van der Waals surface area contributed by atoms with Crippen molar-refractivity contribution < 1.29 is 24.8 Å². The Balaban J connectivity index is 0.000000270. The Morgan fingerprint density at radius 2 is 1.54 bits per heavy atom. The molecule has 0 bridgehead atoms. The summed E-state index contributed by atoms with van der Waals surface area (Å²) >= 11 is 0. The van der Waals surface area contributed by atoms with Crippen LogP contribution in [0.5, 0.6) is 5.75 Å². The molecule has 0 aliphatic rings. The molecule has 0 fully saturated rings. The molecule has 0 spiro atoms. The largest absolute Gasteiger partial charge is 0.665 e. The third-order valence-electron chi connectivity index (χ3n) is 6.59. The summed E-state index contributed by atoms with van der Waals surface area (Å²) in [7, 11) is 5.81. The second kappa shape index (κ2) is 12.3. The van der Waals surface area contributed by atoms with Gasteiger partial charge in [-0.2, -0.15) is 7.11 Å². The number of hydrogen-bond donors (Lipinski definition) is 0. The van der Waals surface area contributed by atoms with Gasteiger partial charge in [-0.15, -0.1) is 35.9 Å². The first-order chi connectivity index (χ1) is 18.0. The fraction of sp³-hybridized carbons (Fsp3) is 0.265. The van der Waals surface area contributed by atoms with Crippen LogP contribution in [0.2, 0.25) is 0 Å². The Kier molecular flexibility index (Phi) is 9.53. The van der Waals surface area contributed by atoms with Gasteiger partial charge in [0.15, 0.2) is 0 Å². The maximum atomic E-state index is 5.67. The van der Waals surface area contributed by atoms with Crippen molar-refractivity contribution in [2.45, 2.75) is 52.4 Å². The van der Waals surface area contributed by atoms with Gasteiger partial charge in [0.1, 0.15) is 5.82 Å². The van der Waals surface area contributed by atoms with E-state index in [1.54, 1.807) is 6.20 Å². The zero-order valence-electron chi connectivity index (χ0n) is 23.9. The summed E-state index contributed by atoms with van der Waals surface area (Å²) < 4.78 is 7.80. The Bertz CT molecular complexity index is 1470. The molecule has 39 heavy (non-hydrogen) atoms. The van der Waals surface area contributed by atoms with Crippen LogP contribution in [0, 0.1) is 13.2 Å². The molecule has 5 aromatic rings. The van der Waals surface area contributed by atoms with E-state index in [1.165, 1.54) is 5.56 Å². The van der Waals surface area contributed by atoms with Crippen LogP contribution in [-0.4, -0.2) is 14.5 Å². The van der Waals surface area contributed by atoms with Crippen LogP contribution in [0.4, 0.5) is 0 Å². The number of imidazole rings is 1. The van der Waals surface area contributed by atoms with Gasteiger partial charge in [0.05, 0.1) is 22.3 Å². The molecular weight excluding hydrogens is 659 g/mol. The third-order valence-corrected chi connectivity index (χ3v) is 6.59. The number of para-hydroxylation sites is 2. The number of ether oxygens (including phenoxy) is 1. The summed E-state index contributed by atoms with van der Waals surface area (Å²) in [4.78, 5) is 9.11. The summed E-state index contributed by atoms with van der Waals surface area (Å²) in [6.07, 6.45) is 1.79. The maximum Gasteiger partial charge on any atom is 0.144 e. The molecule has 5 rings (SSSR count). The summed E-state index contributed by atoms with van der Waals surface area (Å²) in [6.45, 7) is 13.3. The molecule has 0 unspecified atom stereocenters. The normalized spacial score (nSPS) is 11.4. The van der Waals surface area contributed by atoms with Gasteiger partial charge >= 0.3 is 0 Å². The number of nitrogens with zero attached hydrogens (tertiary/aromatic N) is 3. The standard InChI is InChI=1S/C23H29N2O.C11H8N.Ir/c1-22(2,3)15-13-16(20(26-8)17(14-15)23(4,5)6)21-24-18-11-9-10-12-19(18)25(21)7;1-2-6-10(7-3-1)11-8-4-5-9-12-11;/h9-14H,8H2,1-7H3;1-6,8-9H;/q2*-1;. The summed E-state index contributed by atoms with van der Waals surface area (Å²) in [5, 5.41) is 0. The first-order valence-corrected chi connectivity index (χ1v) is 12.9. The second-order valence-electron chi connectivity index (χ2n) is 11.5. The van der Waals surface area contributed by atoms with E-state index in [0.717, 1.165) is 45.0 Å². The molecule has 3 aromatic carbocycles. The molecule has 1 radical (unpaired) electrons. The van der Waals surface area contributed by atoms with Gasteiger partial charge in [0, 0.05) is 33.3 Å². The molecule has 4 nitrogen and oxygen atoms in total. The van der Waals surface area contributed by atoms with Crippen molar-refractivity contribution in [3.05, 3.63) is 109 Å². The van der Waals surface area contributed by atoms with E-state index in [9.17, 15) is 0 Å². The average Bonchev–Trinajstić information content (AvgIpc) is 3.24. The van der Waals surface area contributed by atoms with Gasteiger partial charge in [-0.05, 0) is 51.9 Å². The van der Waals surface area contributed by atoms with E-state index >= 15 is 0 Å². The maximum absolute atomic E-state index is 5.67. The molecule has 0 aliphatic carbocycles. The van der Waals surface area contributed by atoms with Crippen LogP contribution in [0.25, 0.3) is 33.7 Å². The fourth-order valence-corrected chi connectivity index (χ4v) is 4.40. The molecule has 0 amide bonds. The van der Waals surface area contributed by atoms with Gasteiger partial charge in [0.2, 0.25) is 0 Å². The van der Waals surface area contributed by atoms with Crippen molar-refractivity contribution in [1.29, 1.82) is 0 Å². The quantitative estimate of drug-likeness (QED) is 0.178. The van der Waals surface area contributed by atoms with Gasteiger partial charge in [-0.1, -0.05) is 71.9 Å². The van der Waals surface area contributed by atoms with Crippen molar-refractivity contribution in [1.82, 2.24) is 14.5 Å². The minimum Gasteiger partial charge on any atom is -0.665 e. The van der Waals surface area contributed by atoms with Crippen LogP contribution in [-0.2, 0) is 38.0 Å². The minimum absolute atomic E-state index is 0. The van der Waals surface area contributed by atoms with E-state index in [2.05, 4.69) is 89.5 Å². The predicted octanol–water partition coefficient (Wildman–Crippen LogP) is 8.55. The van der Waals surface area contributed by atoms with E-state index in [1.807, 2.05) is 60.7 Å². The molecule has 205 valence electrons. The molecular formula is C34H37IrN3O-2. The molecule has 0 saturated carbocycles. The van der Waals surface area contributed by atoms with Crippen molar-refractivity contribution in [3.8, 4) is 28.4 Å². The Hall–Kier alpha value is -3.27. The van der Waals surface area contributed by atoms with E-state index in [0.29, 0.717) is 0 Å². The van der Waals surface area contributed by atoms with Gasteiger partial charge in [-0.3, -0.25) is 0 Å². The summed E-state index contributed by atoms with van der Waals surface area (Å²) in [5.41, 5.74) is 7.49. The first kappa shape index (κ1) is 30.3. The monoisotopic (exact) mass is 696 g/mol. The topological polar surface area (TPSA) is 39.9 Å². The van der Waals surface area contributed by atoms with E-state index in [-0.39, 0.29) is 30.9 Å². The molecule has 0 aliphatic heterocycles. The van der Waals surface area contributed by atoms with Crippen molar-refractivity contribution in [3.63, 3.8) is 0 Å². The minimum atomic E-state index is -0.0619. The van der Waals surface area contributed by atoms with E-state index < -0.39 is 0 Å². The molecule has 2 heterocycles. The summed E-state index contributed by atoms with van der Waals surface area (Å²) in [5.74, 6) is 1.71. The molecule has 0 saturated heterocycles. The van der Waals surface area contributed by atoms with Crippen LogP contribution < -0.4 is 4.74 Å². The number of aryl methyl sites for hydroxylation is 1. The average molecular weight is 696 g/mol. The van der Waals surface area contributed by atoms with Gasteiger partial charge < -0.3 is 14.3 Å².